The molecule has 0 fully saturated rings. The topological polar surface area (TPSA) is 93.6 Å². The van der Waals surface area contributed by atoms with E-state index in [-0.39, 0.29) is 17.5 Å². The van der Waals surface area contributed by atoms with Crippen molar-refractivity contribution in [2.24, 2.45) is 10.9 Å². The van der Waals surface area contributed by atoms with Gasteiger partial charge in [0.2, 0.25) is 0 Å². The molecule has 0 unspecified atom stereocenters. The number of amidine groups is 1. The number of oxime groups is 1. The maximum absolute atomic E-state index is 8.63. The number of aromatic nitrogens is 2. The average Bonchev–Trinajstić information content (AvgIpc) is 2.42. The molecule has 104 valence electrons. The maximum Gasteiger partial charge on any atom is 0.322 e. The van der Waals surface area contributed by atoms with E-state index < -0.39 is 0 Å². The van der Waals surface area contributed by atoms with Crippen LogP contribution in [0.3, 0.4) is 0 Å². The van der Waals surface area contributed by atoms with Gasteiger partial charge in [0.1, 0.15) is 11.4 Å². The minimum Gasteiger partial charge on any atom is -0.424 e. The van der Waals surface area contributed by atoms with Crippen LogP contribution in [0.2, 0.25) is 5.02 Å². The predicted molar refractivity (Wildman–Crippen MR) is 75.5 cm³/mol. The number of hydrogen-bond acceptors (Lipinski definition) is 5. The summed E-state index contributed by atoms with van der Waals surface area (Å²) in [7, 11) is 0. The summed E-state index contributed by atoms with van der Waals surface area (Å²) in [5.41, 5.74) is 7.49. The quantitative estimate of drug-likeness (QED) is 0.392. The molecule has 2 rings (SSSR count). The standard InChI is InChI=1S/C13H13ClN4O2/c1-7-5-9(14)6-8(2)11(7)20-13-16-4-3-10(17-13)12(15)18-19/h3-6,19H,1-2H3,(H2,15,18). The third-order valence-electron chi connectivity index (χ3n) is 2.62. The first-order chi connectivity index (χ1) is 9.51. The van der Waals surface area contributed by atoms with Crippen molar-refractivity contribution in [1.82, 2.24) is 9.97 Å². The van der Waals surface area contributed by atoms with E-state index >= 15 is 0 Å². The lowest BCUT2D eigenvalue weighted by Crippen LogP contribution is -2.15. The molecular weight excluding hydrogens is 280 g/mol. The van der Waals surface area contributed by atoms with E-state index in [1.54, 1.807) is 12.1 Å². The van der Waals surface area contributed by atoms with Gasteiger partial charge in [0, 0.05) is 11.2 Å². The number of benzene rings is 1. The molecule has 2 aromatic rings. The van der Waals surface area contributed by atoms with Crippen LogP contribution in [0.25, 0.3) is 0 Å². The SMILES string of the molecule is Cc1cc(Cl)cc(C)c1Oc1nccc(/C(N)=N/O)n1. The zero-order valence-corrected chi connectivity index (χ0v) is 11.7. The summed E-state index contributed by atoms with van der Waals surface area (Å²) in [6, 6.07) is 5.21. The van der Waals surface area contributed by atoms with Gasteiger partial charge in [0.05, 0.1) is 0 Å². The van der Waals surface area contributed by atoms with Crippen molar-refractivity contribution in [3.8, 4) is 11.8 Å². The molecule has 1 aromatic heterocycles. The van der Waals surface area contributed by atoms with Crippen LogP contribution in [-0.2, 0) is 0 Å². The molecule has 0 aliphatic carbocycles. The van der Waals surface area contributed by atoms with E-state index in [1.807, 2.05) is 13.8 Å². The van der Waals surface area contributed by atoms with Crippen LogP contribution in [-0.4, -0.2) is 21.0 Å². The lowest BCUT2D eigenvalue weighted by atomic mass is 10.1. The molecule has 0 saturated heterocycles. The van der Waals surface area contributed by atoms with E-state index in [1.165, 1.54) is 12.3 Å². The fraction of sp³-hybridized carbons (Fsp3) is 0.154. The highest BCUT2D eigenvalue weighted by Gasteiger charge is 2.10. The van der Waals surface area contributed by atoms with Crippen molar-refractivity contribution in [3.05, 3.63) is 46.2 Å². The molecule has 7 heteroatoms. The minimum atomic E-state index is -0.109. The summed E-state index contributed by atoms with van der Waals surface area (Å²) < 4.78 is 5.66. The Hall–Kier alpha value is -2.34. The van der Waals surface area contributed by atoms with Crippen molar-refractivity contribution in [2.75, 3.05) is 0 Å². The molecule has 0 atom stereocenters. The van der Waals surface area contributed by atoms with Crippen LogP contribution in [0.5, 0.6) is 11.8 Å². The molecule has 1 heterocycles. The van der Waals surface area contributed by atoms with Crippen LogP contribution >= 0.6 is 11.6 Å². The first kappa shape index (κ1) is 14.1. The largest absolute Gasteiger partial charge is 0.424 e. The third-order valence-corrected chi connectivity index (χ3v) is 2.84. The van der Waals surface area contributed by atoms with Crippen molar-refractivity contribution in [3.63, 3.8) is 0 Å². The summed E-state index contributed by atoms with van der Waals surface area (Å²) in [5.74, 6) is 0.521. The van der Waals surface area contributed by atoms with Crippen molar-refractivity contribution >= 4 is 17.4 Å². The Morgan fingerprint density at radius 1 is 1.35 bits per heavy atom. The summed E-state index contributed by atoms with van der Waals surface area (Å²) in [6.07, 6.45) is 1.47. The summed E-state index contributed by atoms with van der Waals surface area (Å²) >= 11 is 5.96. The van der Waals surface area contributed by atoms with Crippen LogP contribution in [0.1, 0.15) is 16.8 Å². The molecule has 6 nitrogen and oxygen atoms in total. The molecule has 3 N–H and O–H groups in total. The maximum atomic E-state index is 8.63. The molecule has 0 aliphatic rings. The molecule has 1 aromatic carbocycles. The smallest absolute Gasteiger partial charge is 0.322 e. The molecular formula is C13H13ClN4O2. The van der Waals surface area contributed by atoms with E-state index in [4.69, 9.17) is 27.3 Å². The van der Waals surface area contributed by atoms with Gasteiger partial charge in [-0.15, -0.1) is 0 Å². The zero-order chi connectivity index (χ0) is 14.7. The molecule has 0 amide bonds. The van der Waals surface area contributed by atoms with E-state index in [2.05, 4.69) is 15.1 Å². The second-order valence-corrected chi connectivity index (χ2v) is 4.62. The highest BCUT2D eigenvalue weighted by atomic mass is 35.5. The molecule has 0 aliphatic heterocycles. The number of aryl methyl sites for hydroxylation is 2. The van der Waals surface area contributed by atoms with Gasteiger partial charge in [0.15, 0.2) is 5.84 Å². The highest BCUT2D eigenvalue weighted by Crippen LogP contribution is 2.29. The monoisotopic (exact) mass is 292 g/mol. The summed E-state index contributed by atoms with van der Waals surface area (Å²) in [5, 5.41) is 12.2. The molecule has 0 spiro atoms. The average molecular weight is 293 g/mol. The van der Waals surface area contributed by atoms with Crippen molar-refractivity contribution in [1.29, 1.82) is 0 Å². The van der Waals surface area contributed by atoms with Crippen molar-refractivity contribution in [2.45, 2.75) is 13.8 Å². The zero-order valence-electron chi connectivity index (χ0n) is 11.0. The minimum absolute atomic E-state index is 0.109. The van der Waals surface area contributed by atoms with Gasteiger partial charge >= 0.3 is 6.01 Å². The Morgan fingerprint density at radius 3 is 2.60 bits per heavy atom. The second-order valence-electron chi connectivity index (χ2n) is 4.18. The number of halogens is 1. The van der Waals surface area contributed by atoms with Crippen LogP contribution in [0, 0.1) is 13.8 Å². The predicted octanol–water partition coefficient (Wildman–Crippen LogP) is 2.63. The Labute approximate surface area is 120 Å². The third kappa shape index (κ3) is 2.97. The van der Waals surface area contributed by atoms with E-state index in [0.717, 1.165) is 11.1 Å². The molecule has 0 saturated carbocycles. The first-order valence-corrected chi connectivity index (χ1v) is 6.14. The normalized spacial score (nSPS) is 11.4. The van der Waals surface area contributed by atoms with E-state index in [9.17, 15) is 0 Å². The van der Waals surface area contributed by atoms with Gasteiger partial charge < -0.3 is 15.7 Å². The number of ether oxygens (including phenoxy) is 1. The fourth-order valence-corrected chi connectivity index (χ4v) is 2.06. The number of nitrogens with zero attached hydrogens (tertiary/aromatic N) is 3. The van der Waals surface area contributed by atoms with Crippen molar-refractivity contribution < 1.29 is 9.94 Å². The Balaban J connectivity index is 2.36. The molecule has 0 radical (unpaired) electrons. The van der Waals surface area contributed by atoms with Crippen LogP contribution in [0.15, 0.2) is 29.6 Å². The number of hydrogen-bond donors (Lipinski definition) is 2. The Morgan fingerprint density at radius 2 is 2.00 bits per heavy atom. The number of rotatable bonds is 3. The molecule has 0 bridgehead atoms. The van der Waals surface area contributed by atoms with Crippen LogP contribution in [0.4, 0.5) is 0 Å². The Kier molecular flexibility index (Phi) is 4.05. The van der Waals surface area contributed by atoms with Gasteiger partial charge in [0.25, 0.3) is 0 Å². The van der Waals surface area contributed by atoms with E-state index in [0.29, 0.717) is 10.8 Å². The fourth-order valence-electron chi connectivity index (χ4n) is 1.73. The van der Waals surface area contributed by atoms with Gasteiger partial charge in [-0.05, 0) is 43.2 Å². The lowest BCUT2D eigenvalue weighted by Gasteiger charge is -2.11. The highest BCUT2D eigenvalue weighted by molar-refractivity contribution is 6.30. The Bertz CT molecular complexity index is 650. The first-order valence-electron chi connectivity index (χ1n) is 5.77. The van der Waals surface area contributed by atoms with Gasteiger partial charge in [-0.2, -0.15) is 4.98 Å². The molecule has 20 heavy (non-hydrogen) atoms. The lowest BCUT2D eigenvalue weighted by molar-refractivity contribution is 0.318. The second kappa shape index (κ2) is 5.75. The summed E-state index contributed by atoms with van der Waals surface area (Å²) in [4.78, 5) is 8.06. The van der Waals surface area contributed by atoms with Crippen LogP contribution < -0.4 is 10.5 Å². The van der Waals surface area contributed by atoms with Gasteiger partial charge in [-0.25, -0.2) is 4.98 Å². The summed E-state index contributed by atoms with van der Waals surface area (Å²) in [6.45, 7) is 3.75. The van der Waals surface area contributed by atoms with Gasteiger partial charge in [-0.1, -0.05) is 16.8 Å². The van der Waals surface area contributed by atoms with Gasteiger partial charge in [-0.3, -0.25) is 0 Å². The number of nitrogens with two attached hydrogens (primary N) is 1.